The predicted octanol–water partition coefficient (Wildman–Crippen LogP) is 5.15. The molecular formula is C27H18N2. The zero-order chi connectivity index (χ0) is 20.8. The van der Waals surface area contributed by atoms with Gasteiger partial charge in [-0.1, -0.05) is 47.9 Å². The molecule has 0 saturated heterocycles. The minimum atomic E-state index is 0.578. The standard InChI is InChI=1S/C27H18N2/c1-19-14-22(10-12-26-20(2)6-4-8-24(26)17-28)16-23(15-19)11-13-27-21(3)7-5-9-25(27)18-29/h4-9,14-16H,1-3H3. The van der Waals surface area contributed by atoms with Crippen molar-refractivity contribution in [3.63, 3.8) is 0 Å². The molecule has 0 aromatic heterocycles. The van der Waals surface area contributed by atoms with Gasteiger partial charge in [0.1, 0.15) is 12.1 Å². The Morgan fingerprint density at radius 2 is 1.03 bits per heavy atom. The molecule has 136 valence electrons. The van der Waals surface area contributed by atoms with E-state index in [0.717, 1.165) is 38.9 Å². The average molecular weight is 370 g/mol. The lowest BCUT2D eigenvalue weighted by molar-refractivity contribution is 1.38. The van der Waals surface area contributed by atoms with E-state index in [2.05, 4.69) is 35.8 Å². The van der Waals surface area contributed by atoms with Crippen molar-refractivity contribution >= 4 is 0 Å². The van der Waals surface area contributed by atoms with Gasteiger partial charge >= 0.3 is 0 Å². The van der Waals surface area contributed by atoms with Crippen LogP contribution >= 0.6 is 0 Å². The first-order valence-corrected chi connectivity index (χ1v) is 9.17. The summed E-state index contributed by atoms with van der Waals surface area (Å²) >= 11 is 0. The van der Waals surface area contributed by atoms with Crippen molar-refractivity contribution in [3.05, 3.63) is 105 Å². The number of hydrogen-bond acceptors (Lipinski definition) is 2. The highest BCUT2D eigenvalue weighted by molar-refractivity contribution is 5.58. The lowest BCUT2D eigenvalue weighted by Gasteiger charge is -2.01. The molecule has 0 heterocycles. The highest BCUT2D eigenvalue weighted by atomic mass is 14.2. The van der Waals surface area contributed by atoms with E-state index in [1.165, 1.54) is 0 Å². The second kappa shape index (κ2) is 8.63. The van der Waals surface area contributed by atoms with Crippen LogP contribution in [0.5, 0.6) is 0 Å². The van der Waals surface area contributed by atoms with E-state index in [9.17, 15) is 10.5 Å². The Morgan fingerprint density at radius 3 is 1.45 bits per heavy atom. The molecule has 0 radical (unpaired) electrons. The van der Waals surface area contributed by atoms with Crippen LogP contribution in [0.15, 0.2) is 54.6 Å². The molecule has 0 amide bonds. The average Bonchev–Trinajstić information content (AvgIpc) is 2.71. The fourth-order valence-electron chi connectivity index (χ4n) is 3.05. The molecule has 29 heavy (non-hydrogen) atoms. The van der Waals surface area contributed by atoms with Crippen LogP contribution in [-0.4, -0.2) is 0 Å². The number of rotatable bonds is 0. The zero-order valence-electron chi connectivity index (χ0n) is 16.6. The molecule has 0 atom stereocenters. The summed E-state index contributed by atoms with van der Waals surface area (Å²) in [6.07, 6.45) is 0. The molecule has 3 aromatic rings. The van der Waals surface area contributed by atoms with Gasteiger partial charge in [-0.05, 0) is 67.8 Å². The number of nitrogens with zero attached hydrogens (tertiary/aromatic N) is 2. The van der Waals surface area contributed by atoms with Crippen LogP contribution in [0.2, 0.25) is 0 Å². The number of hydrogen-bond donors (Lipinski definition) is 0. The monoisotopic (exact) mass is 370 g/mol. The molecule has 0 saturated carbocycles. The van der Waals surface area contributed by atoms with E-state index >= 15 is 0 Å². The van der Waals surface area contributed by atoms with Gasteiger partial charge in [-0.3, -0.25) is 0 Å². The van der Waals surface area contributed by atoms with Crippen molar-refractivity contribution in [1.82, 2.24) is 0 Å². The topological polar surface area (TPSA) is 47.6 Å². The van der Waals surface area contributed by atoms with Crippen molar-refractivity contribution in [2.75, 3.05) is 0 Å². The lowest BCUT2D eigenvalue weighted by atomic mass is 10.0. The summed E-state index contributed by atoms with van der Waals surface area (Å²) < 4.78 is 0. The molecule has 0 spiro atoms. The van der Waals surface area contributed by atoms with Crippen molar-refractivity contribution in [1.29, 1.82) is 10.5 Å². The van der Waals surface area contributed by atoms with E-state index < -0.39 is 0 Å². The van der Waals surface area contributed by atoms with Gasteiger partial charge in [0.05, 0.1) is 11.1 Å². The first kappa shape index (κ1) is 19.5. The second-order valence-corrected chi connectivity index (χ2v) is 6.81. The van der Waals surface area contributed by atoms with Crippen LogP contribution in [0.4, 0.5) is 0 Å². The number of aryl methyl sites for hydroxylation is 3. The third kappa shape index (κ3) is 4.54. The van der Waals surface area contributed by atoms with E-state index in [4.69, 9.17) is 0 Å². The van der Waals surface area contributed by atoms with Crippen molar-refractivity contribution in [2.24, 2.45) is 0 Å². The molecular weight excluding hydrogens is 352 g/mol. The molecule has 0 aliphatic carbocycles. The molecule has 3 aromatic carbocycles. The van der Waals surface area contributed by atoms with Crippen LogP contribution in [0, 0.1) is 67.1 Å². The molecule has 0 N–H and O–H groups in total. The van der Waals surface area contributed by atoms with Crippen molar-refractivity contribution in [2.45, 2.75) is 20.8 Å². The third-order valence-electron chi connectivity index (χ3n) is 4.53. The van der Waals surface area contributed by atoms with Gasteiger partial charge in [-0.15, -0.1) is 0 Å². The second-order valence-electron chi connectivity index (χ2n) is 6.81. The summed E-state index contributed by atoms with van der Waals surface area (Å²) in [5.74, 6) is 12.6. The molecule has 0 aliphatic rings. The normalized spacial score (nSPS) is 9.28. The molecule has 2 heteroatoms. The fourth-order valence-corrected chi connectivity index (χ4v) is 3.05. The Bertz CT molecular complexity index is 1210. The van der Waals surface area contributed by atoms with Crippen LogP contribution < -0.4 is 0 Å². The third-order valence-corrected chi connectivity index (χ3v) is 4.53. The summed E-state index contributed by atoms with van der Waals surface area (Å²) in [7, 11) is 0. The van der Waals surface area contributed by atoms with E-state index in [1.54, 1.807) is 12.1 Å². The minimum absolute atomic E-state index is 0.578. The minimum Gasteiger partial charge on any atom is -0.192 e. The quantitative estimate of drug-likeness (QED) is 0.514. The first-order chi connectivity index (χ1) is 14.0. The summed E-state index contributed by atoms with van der Waals surface area (Å²) in [4.78, 5) is 0. The van der Waals surface area contributed by atoms with E-state index in [0.29, 0.717) is 11.1 Å². The Labute approximate surface area is 172 Å². The van der Waals surface area contributed by atoms with Gasteiger partial charge in [0.25, 0.3) is 0 Å². The van der Waals surface area contributed by atoms with Crippen LogP contribution in [0.25, 0.3) is 0 Å². The maximum absolute atomic E-state index is 9.31. The van der Waals surface area contributed by atoms with Gasteiger partial charge in [0.2, 0.25) is 0 Å². The SMILES string of the molecule is Cc1cc(C#Cc2c(C)cccc2C#N)cc(C#Cc2c(C)cccc2C#N)c1. The molecule has 3 rings (SSSR count). The highest BCUT2D eigenvalue weighted by Gasteiger charge is 2.03. The van der Waals surface area contributed by atoms with Crippen LogP contribution in [-0.2, 0) is 0 Å². The Morgan fingerprint density at radius 1 is 0.586 bits per heavy atom. The van der Waals surface area contributed by atoms with E-state index in [-0.39, 0.29) is 0 Å². The first-order valence-electron chi connectivity index (χ1n) is 9.17. The van der Waals surface area contributed by atoms with Crippen LogP contribution in [0.3, 0.4) is 0 Å². The van der Waals surface area contributed by atoms with Gasteiger partial charge in [0, 0.05) is 22.3 Å². The van der Waals surface area contributed by atoms with Crippen molar-refractivity contribution < 1.29 is 0 Å². The fraction of sp³-hybridized carbons (Fsp3) is 0.111. The van der Waals surface area contributed by atoms with Gasteiger partial charge in [-0.25, -0.2) is 0 Å². The summed E-state index contributed by atoms with van der Waals surface area (Å²) in [5, 5.41) is 18.6. The van der Waals surface area contributed by atoms with Gasteiger partial charge in [0.15, 0.2) is 0 Å². The molecule has 0 bridgehead atoms. The summed E-state index contributed by atoms with van der Waals surface area (Å²) in [6, 6.07) is 21.5. The van der Waals surface area contributed by atoms with Gasteiger partial charge in [-0.2, -0.15) is 10.5 Å². The molecule has 0 fully saturated rings. The smallest absolute Gasteiger partial charge is 0.100 e. The maximum Gasteiger partial charge on any atom is 0.100 e. The molecule has 2 nitrogen and oxygen atoms in total. The zero-order valence-corrected chi connectivity index (χ0v) is 16.6. The lowest BCUT2D eigenvalue weighted by Crippen LogP contribution is -1.89. The van der Waals surface area contributed by atoms with Crippen LogP contribution in [0.1, 0.15) is 50.1 Å². The van der Waals surface area contributed by atoms with E-state index in [1.807, 2.05) is 63.2 Å². The highest BCUT2D eigenvalue weighted by Crippen LogP contribution is 2.15. The number of nitriles is 2. The largest absolute Gasteiger partial charge is 0.192 e. The Kier molecular flexibility index (Phi) is 5.81. The van der Waals surface area contributed by atoms with Crippen molar-refractivity contribution in [3.8, 4) is 35.8 Å². The molecule has 0 aliphatic heterocycles. The Balaban J connectivity index is 2.02. The summed E-state index contributed by atoms with van der Waals surface area (Å²) in [5.41, 5.74) is 7.35. The maximum atomic E-state index is 9.31. The summed E-state index contributed by atoms with van der Waals surface area (Å²) in [6.45, 7) is 5.90. The predicted molar refractivity (Wildman–Crippen MR) is 115 cm³/mol. The Hall–Kier alpha value is -4.24. The number of benzene rings is 3. The van der Waals surface area contributed by atoms with Gasteiger partial charge < -0.3 is 0 Å². The molecule has 0 unspecified atom stereocenters.